The Labute approximate surface area is 157 Å². The van der Waals surface area contributed by atoms with Crippen LogP contribution in [0.2, 0.25) is 5.02 Å². The molecular formula is C21H21ClN2O2. The molecule has 1 aromatic heterocycles. The number of halogens is 1. The zero-order valence-corrected chi connectivity index (χ0v) is 15.8. The van der Waals surface area contributed by atoms with Crippen molar-refractivity contribution in [3.63, 3.8) is 0 Å². The summed E-state index contributed by atoms with van der Waals surface area (Å²) in [6.07, 6.45) is 0. The summed E-state index contributed by atoms with van der Waals surface area (Å²) in [5.74, 6) is 0.203. The molecule has 1 N–H and O–H groups in total. The molecule has 0 spiro atoms. The fourth-order valence-electron chi connectivity index (χ4n) is 3.00. The maximum atomic E-state index is 13.3. The van der Waals surface area contributed by atoms with Gasteiger partial charge in [0.2, 0.25) is 5.91 Å². The summed E-state index contributed by atoms with van der Waals surface area (Å²) in [5, 5.41) is 4.19. The third kappa shape index (κ3) is 3.25. The minimum absolute atomic E-state index is 0.105. The van der Waals surface area contributed by atoms with E-state index in [2.05, 4.69) is 5.32 Å². The van der Waals surface area contributed by atoms with Gasteiger partial charge in [0.05, 0.1) is 11.1 Å². The first-order chi connectivity index (χ1) is 12.4. The molecular weight excluding hydrogens is 348 g/mol. The van der Waals surface area contributed by atoms with Gasteiger partial charge in [-0.05, 0) is 36.8 Å². The minimum Gasteiger partial charge on any atom is -0.327 e. The molecule has 0 fully saturated rings. The van der Waals surface area contributed by atoms with Crippen LogP contribution in [0.3, 0.4) is 0 Å². The van der Waals surface area contributed by atoms with E-state index in [4.69, 9.17) is 11.6 Å². The summed E-state index contributed by atoms with van der Waals surface area (Å²) < 4.78 is 1.97. The maximum Gasteiger partial charge on any atom is 0.228 e. The van der Waals surface area contributed by atoms with Gasteiger partial charge < -0.3 is 9.88 Å². The van der Waals surface area contributed by atoms with Crippen LogP contribution in [-0.4, -0.2) is 10.5 Å². The molecule has 0 bridgehead atoms. The Balaban J connectivity index is 2.39. The van der Waals surface area contributed by atoms with E-state index < -0.39 is 0 Å². The smallest absolute Gasteiger partial charge is 0.228 e. The summed E-state index contributed by atoms with van der Waals surface area (Å²) in [4.78, 5) is 25.7. The van der Waals surface area contributed by atoms with Crippen molar-refractivity contribution in [2.24, 2.45) is 5.92 Å². The lowest BCUT2D eigenvalue weighted by atomic mass is 10.0. The normalized spacial score (nSPS) is 11.1. The number of rotatable bonds is 4. The first kappa shape index (κ1) is 18.2. The predicted octanol–water partition coefficient (Wildman–Crippen LogP) is 4.94. The molecule has 0 unspecified atom stereocenters. The zero-order chi connectivity index (χ0) is 18.8. The van der Waals surface area contributed by atoms with Gasteiger partial charge in [0.15, 0.2) is 5.43 Å². The fraction of sp³-hybridized carbons (Fsp3) is 0.238. The Morgan fingerprint density at radius 3 is 2.38 bits per heavy atom. The topological polar surface area (TPSA) is 51.1 Å². The number of hydrogen-bond acceptors (Lipinski definition) is 2. The molecule has 0 aliphatic heterocycles. The molecule has 4 nitrogen and oxygen atoms in total. The molecule has 0 radical (unpaired) electrons. The molecule has 0 saturated heterocycles. The summed E-state index contributed by atoms with van der Waals surface area (Å²) in [6, 6.07) is 14.6. The molecule has 3 aromatic rings. The number of aromatic nitrogens is 1. The quantitative estimate of drug-likeness (QED) is 0.709. The lowest BCUT2D eigenvalue weighted by molar-refractivity contribution is -0.118. The first-order valence-electron chi connectivity index (χ1n) is 8.66. The molecule has 5 heteroatoms. The number of aryl methyl sites for hydroxylation is 1. The maximum absolute atomic E-state index is 13.3. The monoisotopic (exact) mass is 368 g/mol. The van der Waals surface area contributed by atoms with Crippen molar-refractivity contribution >= 4 is 34.2 Å². The van der Waals surface area contributed by atoms with Crippen molar-refractivity contribution in [1.29, 1.82) is 0 Å². The van der Waals surface area contributed by atoms with E-state index >= 15 is 0 Å². The van der Waals surface area contributed by atoms with Crippen LogP contribution in [0.15, 0.2) is 53.3 Å². The van der Waals surface area contributed by atoms with Gasteiger partial charge in [-0.15, -0.1) is 0 Å². The molecule has 1 heterocycles. The molecule has 1 amide bonds. The molecule has 0 atom stereocenters. The number of anilines is 1. The third-order valence-corrected chi connectivity index (χ3v) is 4.64. The van der Waals surface area contributed by atoms with Crippen LogP contribution in [-0.2, 0) is 11.3 Å². The number of nitrogens with one attached hydrogen (secondary N) is 1. The number of carbonyl (C=O) groups excluding carboxylic acids is 1. The van der Waals surface area contributed by atoms with Gasteiger partial charge in [0, 0.05) is 22.9 Å². The molecule has 0 aliphatic carbocycles. The predicted molar refractivity (Wildman–Crippen MR) is 108 cm³/mol. The summed E-state index contributed by atoms with van der Waals surface area (Å²) in [6.45, 7) is 6.27. The van der Waals surface area contributed by atoms with Crippen LogP contribution < -0.4 is 10.7 Å². The number of para-hydroxylation sites is 1. The Bertz CT molecular complexity index is 1020. The summed E-state index contributed by atoms with van der Waals surface area (Å²) in [5.41, 5.74) is 1.91. The van der Waals surface area contributed by atoms with Crippen molar-refractivity contribution in [3.8, 4) is 11.1 Å². The highest BCUT2D eigenvalue weighted by atomic mass is 35.5. The van der Waals surface area contributed by atoms with E-state index in [1.807, 2.05) is 49.6 Å². The van der Waals surface area contributed by atoms with Crippen LogP contribution in [0.1, 0.15) is 20.8 Å². The van der Waals surface area contributed by atoms with E-state index in [1.165, 1.54) is 0 Å². The average Bonchev–Trinajstić information content (AvgIpc) is 2.63. The number of carbonyl (C=O) groups is 1. The van der Waals surface area contributed by atoms with Gasteiger partial charge in [-0.2, -0.15) is 0 Å². The largest absolute Gasteiger partial charge is 0.327 e. The van der Waals surface area contributed by atoms with Crippen LogP contribution in [0.25, 0.3) is 22.0 Å². The van der Waals surface area contributed by atoms with Crippen LogP contribution >= 0.6 is 11.6 Å². The second-order valence-electron chi connectivity index (χ2n) is 6.46. The van der Waals surface area contributed by atoms with Gasteiger partial charge in [-0.1, -0.05) is 49.7 Å². The molecule has 0 saturated carbocycles. The van der Waals surface area contributed by atoms with Crippen molar-refractivity contribution < 1.29 is 4.79 Å². The lowest BCUT2D eigenvalue weighted by Crippen LogP contribution is -2.25. The minimum atomic E-state index is -0.194. The highest BCUT2D eigenvalue weighted by Gasteiger charge is 2.20. The number of hydrogen-bond donors (Lipinski definition) is 1. The highest BCUT2D eigenvalue weighted by Crippen LogP contribution is 2.30. The van der Waals surface area contributed by atoms with Crippen molar-refractivity contribution in [1.82, 2.24) is 4.57 Å². The van der Waals surface area contributed by atoms with Crippen molar-refractivity contribution in [3.05, 3.63) is 63.8 Å². The van der Waals surface area contributed by atoms with E-state index in [9.17, 15) is 9.59 Å². The number of benzene rings is 2. The molecule has 2 aromatic carbocycles. The van der Waals surface area contributed by atoms with Gasteiger partial charge in [0.1, 0.15) is 5.82 Å². The average molecular weight is 369 g/mol. The lowest BCUT2D eigenvalue weighted by Gasteiger charge is -2.21. The second kappa shape index (κ2) is 7.34. The SMILES string of the molecule is CCn1c(NC(=O)C(C)C)c(-c2ccc(Cl)cc2)c(=O)c2ccccc21. The Kier molecular flexibility index (Phi) is 5.14. The molecule has 3 rings (SSSR count). The number of pyridine rings is 1. The molecule has 134 valence electrons. The number of nitrogens with zero attached hydrogens (tertiary/aromatic N) is 1. The Morgan fingerprint density at radius 1 is 1.12 bits per heavy atom. The van der Waals surface area contributed by atoms with Gasteiger partial charge in [0.25, 0.3) is 0 Å². The van der Waals surface area contributed by atoms with E-state index in [-0.39, 0.29) is 17.3 Å². The zero-order valence-electron chi connectivity index (χ0n) is 15.0. The highest BCUT2D eigenvalue weighted by molar-refractivity contribution is 6.30. The van der Waals surface area contributed by atoms with E-state index in [1.54, 1.807) is 24.3 Å². The fourth-order valence-corrected chi connectivity index (χ4v) is 3.13. The van der Waals surface area contributed by atoms with Crippen LogP contribution in [0, 0.1) is 5.92 Å². The summed E-state index contributed by atoms with van der Waals surface area (Å²) in [7, 11) is 0. The van der Waals surface area contributed by atoms with Crippen LogP contribution in [0.4, 0.5) is 5.82 Å². The van der Waals surface area contributed by atoms with Crippen molar-refractivity contribution in [2.45, 2.75) is 27.3 Å². The van der Waals surface area contributed by atoms with E-state index in [0.717, 1.165) is 11.1 Å². The van der Waals surface area contributed by atoms with E-state index in [0.29, 0.717) is 28.3 Å². The van der Waals surface area contributed by atoms with Gasteiger partial charge in [-0.25, -0.2) is 0 Å². The second-order valence-corrected chi connectivity index (χ2v) is 6.90. The van der Waals surface area contributed by atoms with Crippen molar-refractivity contribution in [2.75, 3.05) is 5.32 Å². The molecule has 26 heavy (non-hydrogen) atoms. The summed E-state index contributed by atoms with van der Waals surface area (Å²) >= 11 is 6.01. The van der Waals surface area contributed by atoms with Gasteiger partial charge >= 0.3 is 0 Å². The number of fused-ring (bicyclic) bond motifs is 1. The Morgan fingerprint density at radius 2 is 1.77 bits per heavy atom. The Hall–Kier alpha value is -2.59. The first-order valence-corrected chi connectivity index (χ1v) is 9.04. The van der Waals surface area contributed by atoms with Crippen LogP contribution in [0.5, 0.6) is 0 Å². The number of amides is 1. The van der Waals surface area contributed by atoms with Gasteiger partial charge in [-0.3, -0.25) is 9.59 Å². The molecule has 0 aliphatic rings. The third-order valence-electron chi connectivity index (χ3n) is 4.39. The standard InChI is InChI=1S/C21H21ClN2O2/c1-4-24-17-8-6-5-7-16(17)19(25)18(14-9-11-15(22)12-10-14)20(24)23-21(26)13(2)3/h5-13H,4H2,1-3H3,(H,23,26).